The minimum Gasteiger partial charge on any atom is -0.496 e. The van der Waals surface area contributed by atoms with Crippen molar-refractivity contribution >= 4 is 24.2 Å². The topological polar surface area (TPSA) is 94.6 Å². The second-order valence-electron chi connectivity index (χ2n) is 7.39. The Hall–Kier alpha value is -3.48. The molecule has 0 saturated heterocycles. The van der Waals surface area contributed by atoms with Crippen LogP contribution < -0.4 is 10.1 Å². The van der Waals surface area contributed by atoms with E-state index in [0.29, 0.717) is 53.2 Å². The van der Waals surface area contributed by atoms with Gasteiger partial charge in [0.15, 0.2) is 12.0 Å². The van der Waals surface area contributed by atoms with E-state index in [1.165, 1.54) is 13.2 Å². The van der Waals surface area contributed by atoms with E-state index in [4.69, 9.17) is 9.47 Å². The van der Waals surface area contributed by atoms with Crippen molar-refractivity contribution in [3.63, 3.8) is 0 Å². The molecule has 0 bridgehead atoms. The van der Waals surface area contributed by atoms with Crippen molar-refractivity contribution < 1.29 is 23.9 Å². The minimum atomic E-state index is -0.655. The van der Waals surface area contributed by atoms with Crippen LogP contribution in [0.2, 0.25) is 0 Å². The molecule has 0 atom stereocenters. The van der Waals surface area contributed by atoms with Gasteiger partial charge in [0.2, 0.25) is 0 Å². The number of aromatic nitrogens is 1. The number of pyridine rings is 1. The zero-order valence-electron chi connectivity index (χ0n) is 17.8. The van der Waals surface area contributed by atoms with E-state index in [9.17, 15) is 14.4 Å². The minimum absolute atomic E-state index is 0.0240. The maximum Gasteiger partial charge on any atom is 0.357 e. The van der Waals surface area contributed by atoms with Gasteiger partial charge in [0, 0.05) is 23.2 Å². The smallest absolute Gasteiger partial charge is 0.357 e. The van der Waals surface area contributed by atoms with E-state index in [2.05, 4.69) is 16.9 Å². The van der Waals surface area contributed by atoms with E-state index in [1.54, 1.807) is 24.3 Å². The molecule has 1 aliphatic carbocycles. The molecule has 0 spiro atoms. The van der Waals surface area contributed by atoms with Crippen LogP contribution in [0.5, 0.6) is 5.75 Å². The van der Waals surface area contributed by atoms with E-state index in [0.717, 1.165) is 12.8 Å². The fraction of sp³-hybridized carbons (Fsp3) is 0.333. The number of nitrogens with zero attached hydrogens (tertiary/aromatic N) is 1. The monoisotopic (exact) mass is 422 g/mol. The first-order chi connectivity index (χ1) is 15.0. The van der Waals surface area contributed by atoms with Gasteiger partial charge in [-0.3, -0.25) is 9.59 Å². The quantitative estimate of drug-likeness (QED) is 0.461. The number of carbonyl (C=O) groups is 3. The molecule has 1 N–H and O–H groups in total. The first kappa shape index (κ1) is 22.2. The van der Waals surface area contributed by atoms with Gasteiger partial charge in [-0.25, -0.2) is 9.78 Å². The molecule has 7 nitrogen and oxygen atoms in total. The molecule has 1 aromatic heterocycles. The Labute approximate surface area is 181 Å². The first-order valence-electron chi connectivity index (χ1n) is 10.3. The summed E-state index contributed by atoms with van der Waals surface area (Å²) in [5.74, 6) is 0.00780. The van der Waals surface area contributed by atoms with Gasteiger partial charge < -0.3 is 14.8 Å². The molecule has 3 rings (SSSR count). The van der Waals surface area contributed by atoms with E-state index < -0.39 is 5.97 Å². The average molecular weight is 422 g/mol. The summed E-state index contributed by atoms with van der Waals surface area (Å²) in [4.78, 5) is 41.4. The molecule has 0 aliphatic heterocycles. The van der Waals surface area contributed by atoms with Gasteiger partial charge in [-0.15, -0.1) is 0 Å². The molecule has 1 aromatic carbocycles. The van der Waals surface area contributed by atoms with Crippen molar-refractivity contribution in [1.82, 2.24) is 10.3 Å². The number of methoxy groups -OCH3 is 1. The van der Waals surface area contributed by atoms with Crippen LogP contribution in [0.15, 0.2) is 30.8 Å². The van der Waals surface area contributed by atoms with Crippen molar-refractivity contribution in [2.24, 2.45) is 5.92 Å². The Bertz CT molecular complexity index is 1010. The number of carbonyl (C=O) groups excluding carboxylic acids is 3. The van der Waals surface area contributed by atoms with Crippen molar-refractivity contribution in [3.8, 4) is 16.9 Å². The molecule has 162 valence electrons. The van der Waals surface area contributed by atoms with Gasteiger partial charge in [-0.1, -0.05) is 19.6 Å². The van der Waals surface area contributed by atoms with Crippen LogP contribution in [-0.2, 0) is 4.74 Å². The lowest BCUT2D eigenvalue weighted by Crippen LogP contribution is -2.27. The summed E-state index contributed by atoms with van der Waals surface area (Å²) in [6, 6.07) is 6.43. The number of benzene rings is 1. The Kier molecular flexibility index (Phi) is 7.18. The maximum atomic E-state index is 12.8. The standard InChI is InChI=1S/C24H26N2O5/c1-4-10-31-24(29)22-18(8-9-20(26-22)23(28)25-13-15-6-7-15)19-12-21(30-3)16(5-2)11-17(19)14-27/h5,8-9,11-12,14-15H,2,4,6-7,10,13H2,1,3H3,(H,25,28). The summed E-state index contributed by atoms with van der Waals surface area (Å²) >= 11 is 0. The van der Waals surface area contributed by atoms with Crippen LogP contribution in [-0.4, -0.2) is 43.4 Å². The average Bonchev–Trinajstić information content (AvgIpc) is 3.64. The van der Waals surface area contributed by atoms with Crippen LogP contribution in [0.4, 0.5) is 0 Å². The molecule has 1 heterocycles. The number of ether oxygens (including phenoxy) is 2. The lowest BCUT2D eigenvalue weighted by atomic mass is 9.95. The maximum absolute atomic E-state index is 12.8. The molecule has 1 saturated carbocycles. The van der Waals surface area contributed by atoms with Gasteiger partial charge in [-0.2, -0.15) is 0 Å². The van der Waals surface area contributed by atoms with Crippen LogP contribution >= 0.6 is 0 Å². The second kappa shape index (κ2) is 10.0. The molecule has 1 fully saturated rings. The number of esters is 1. The van der Waals surface area contributed by atoms with Crippen LogP contribution in [0.1, 0.15) is 63.1 Å². The molecule has 7 heteroatoms. The highest BCUT2D eigenvalue weighted by atomic mass is 16.5. The predicted octanol–water partition coefficient (Wildman–Crippen LogP) is 3.92. The predicted molar refractivity (Wildman–Crippen MR) is 117 cm³/mol. The van der Waals surface area contributed by atoms with Crippen molar-refractivity contribution in [1.29, 1.82) is 0 Å². The molecular weight excluding hydrogens is 396 g/mol. The van der Waals surface area contributed by atoms with Crippen LogP contribution in [0, 0.1) is 5.92 Å². The number of hydrogen-bond acceptors (Lipinski definition) is 6. The Morgan fingerprint density at radius 3 is 2.61 bits per heavy atom. The largest absolute Gasteiger partial charge is 0.496 e. The fourth-order valence-corrected chi connectivity index (χ4v) is 3.15. The molecule has 0 radical (unpaired) electrons. The van der Waals surface area contributed by atoms with E-state index in [1.807, 2.05) is 6.92 Å². The number of hydrogen-bond donors (Lipinski definition) is 1. The Balaban J connectivity index is 2.07. The fourth-order valence-electron chi connectivity index (χ4n) is 3.15. The van der Waals surface area contributed by atoms with Gasteiger partial charge in [0.25, 0.3) is 5.91 Å². The normalized spacial score (nSPS) is 12.7. The third kappa shape index (κ3) is 5.17. The number of rotatable bonds is 10. The molecule has 0 unspecified atom stereocenters. The second-order valence-corrected chi connectivity index (χ2v) is 7.39. The van der Waals surface area contributed by atoms with Gasteiger partial charge in [-0.05, 0) is 55.0 Å². The number of nitrogens with one attached hydrogen (secondary N) is 1. The van der Waals surface area contributed by atoms with Crippen LogP contribution in [0.25, 0.3) is 17.2 Å². The summed E-state index contributed by atoms with van der Waals surface area (Å²) in [5.41, 5.74) is 1.92. The van der Waals surface area contributed by atoms with Crippen molar-refractivity contribution in [3.05, 3.63) is 53.4 Å². The third-order valence-corrected chi connectivity index (χ3v) is 5.05. The molecule has 1 aliphatic rings. The number of aldehydes is 1. The SMILES string of the molecule is C=Cc1cc(C=O)c(-c2ccc(C(=O)NCC3CC3)nc2C(=O)OCCC)cc1OC. The van der Waals surface area contributed by atoms with Crippen LogP contribution in [0.3, 0.4) is 0 Å². The summed E-state index contributed by atoms with van der Waals surface area (Å²) in [5, 5.41) is 2.84. The molecule has 31 heavy (non-hydrogen) atoms. The Morgan fingerprint density at radius 1 is 1.23 bits per heavy atom. The lowest BCUT2D eigenvalue weighted by Gasteiger charge is -2.15. The highest BCUT2D eigenvalue weighted by molar-refractivity contribution is 6.01. The van der Waals surface area contributed by atoms with Gasteiger partial charge in [0.1, 0.15) is 11.4 Å². The highest BCUT2D eigenvalue weighted by Gasteiger charge is 2.24. The molecular formula is C24H26N2O5. The van der Waals surface area contributed by atoms with E-state index in [-0.39, 0.29) is 23.9 Å². The summed E-state index contributed by atoms with van der Waals surface area (Å²) in [7, 11) is 1.51. The lowest BCUT2D eigenvalue weighted by molar-refractivity contribution is 0.0499. The molecule has 2 aromatic rings. The van der Waals surface area contributed by atoms with Gasteiger partial charge in [0.05, 0.1) is 13.7 Å². The van der Waals surface area contributed by atoms with E-state index >= 15 is 0 Å². The summed E-state index contributed by atoms with van der Waals surface area (Å²) < 4.78 is 10.7. The highest BCUT2D eigenvalue weighted by Crippen LogP contribution is 2.33. The third-order valence-electron chi connectivity index (χ3n) is 5.05. The summed E-state index contributed by atoms with van der Waals surface area (Å²) in [6.07, 6.45) is 5.14. The van der Waals surface area contributed by atoms with Crippen molar-refractivity contribution in [2.75, 3.05) is 20.3 Å². The zero-order valence-corrected chi connectivity index (χ0v) is 17.8. The molecule has 1 amide bonds. The zero-order chi connectivity index (χ0) is 22.4. The van der Waals surface area contributed by atoms with Crippen molar-refractivity contribution in [2.45, 2.75) is 26.2 Å². The van der Waals surface area contributed by atoms with Gasteiger partial charge >= 0.3 is 5.97 Å². The Morgan fingerprint density at radius 2 is 2.00 bits per heavy atom. The number of amides is 1. The first-order valence-corrected chi connectivity index (χ1v) is 10.3. The summed E-state index contributed by atoms with van der Waals surface area (Å²) in [6.45, 7) is 6.43.